The molecule has 3 atom stereocenters. The molecule has 4 nitrogen and oxygen atoms in total. The lowest BCUT2D eigenvalue weighted by molar-refractivity contribution is 0.0266. The zero-order valence-corrected chi connectivity index (χ0v) is 18.6. The van der Waals surface area contributed by atoms with Crippen molar-refractivity contribution in [2.75, 3.05) is 26.0 Å². The minimum Gasteiger partial charge on any atom is -0.378 e. The van der Waals surface area contributed by atoms with Crippen LogP contribution in [0.25, 0.3) is 0 Å². The fourth-order valence-electron chi connectivity index (χ4n) is 2.93. The van der Waals surface area contributed by atoms with Gasteiger partial charge in [0.2, 0.25) is 0 Å². The van der Waals surface area contributed by atoms with E-state index in [9.17, 15) is 0 Å². The molecular weight excluding hydrogens is 421 g/mol. The number of aliphatic imine (C=N–C) groups is 1. The summed E-state index contributed by atoms with van der Waals surface area (Å²) in [6.45, 7) is 11.1. The summed E-state index contributed by atoms with van der Waals surface area (Å²) in [7, 11) is 0. The number of hydrogen-bond acceptors (Lipinski definition) is 3. The summed E-state index contributed by atoms with van der Waals surface area (Å²) in [6.07, 6.45) is 7.33. The van der Waals surface area contributed by atoms with Crippen LogP contribution < -0.4 is 10.6 Å². The van der Waals surface area contributed by atoms with Gasteiger partial charge in [0, 0.05) is 31.0 Å². The number of hydrogen-bond donors (Lipinski definition) is 2. The van der Waals surface area contributed by atoms with E-state index in [2.05, 4.69) is 44.6 Å². The Hall–Kier alpha value is 0.310. The summed E-state index contributed by atoms with van der Waals surface area (Å²) in [5.74, 6) is 1.51. The zero-order chi connectivity index (χ0) is 16.4. The molecule has 0 aromatic rings. The van der Waals surface area contributed by atoms with Crippen LogP contribution in [0.1, 0.15) is 53.4 Å². The van der Waals surface area contributed by atoms with Gasteiger partial charge in [-0.05, 0) is 51.7 Å². The highest BCUT2D eigenvalue weighted by atomic mass is 127. The lowest BCUT2D eigenvalue weighted by Gasteiger charge is -2.21. The van der Waals surface area contributed by atoms with Gasteiger partial charge in [0.1, 0.15) is 0 Å². The maximum Gasteiger partial charge on any atom is 0.191 e. The average molecular weight is 457 g/mol. The van der Waals surface area contributed by atoms with E-state index < -0.39 is 0 Å². The van der Waals surface area contributed by atoms with Crippen LogP contribution in [0.4, 0.5) is 0 Å². The van der Waals surface area contributed by atoms with Gasteiger partial charge in [-0.1, -0.05) is 13.8 Å². The average Bonchev–Trinajstić information content (AvgIpc) is 2.94. The molecule has 0 heterocycles. The molecule has 0 saturated heterocycles. The van der Waals surface area contributed by atoms with Gasteiger partial charge in [-0.3, -0.25) is 4.99 Å². The van der Waals surface area contributed by atoms with Gasteiger partial charge in [0.05, 0.1) is 6.10 Å². The topological polar surface area (TPSA) is 45.7 Å². The Bertz CT molecular complexity index is 329. The van der Waals surface area contributed by atoms with Crippen LogP contribution in [0.15, 0.2) is 4.99 Å². The van der Waals surface area contributed by atoms with Crippen LogP contribution in [0.5, 0.6) is 0 Å². The molecule has 1 saturated carbocycles. The van der Waals surface area contributed by atoms with E-state index in [0.717, 1.165) is 37.3 Å². The number of ether oxygens (including phenoxy) is 1. The van der Waals surface area contributed by atoms with E-state index in [1.165, 1.54) is 19.3 Å². The second-order valence-corrected chi connectivity index (χ2v) is 7.44. The van der Waals surface area contributed by atoms with Crippen molar-refractivity contribution in [3.8, 4) is 0 Å². The number of thioether (sulfide) groups is 1. The van der Waals surface area contributed by atoms with Crippen molar-refractivity contribution in [1.29, 1.82) is 0 Å². The van der Waals surface area contributed by atoms with E-state index in [0.29, 0.717) is 18.1 Å². The number of nitrogens with zero attached hydrogens (tertiary/aromatic N) is 1. The van der Waals surface area contributed by atoms with Crippen molar-refractivity contribution in [2.45, 2.75) is 70.8 Å². The predicted octanol–water partition coefficient (Wildman–Crippen LogP) is 3.89. The maximum atomic E-state index is 5.79. The maximum absolute atomic E-state index is 5.79. The first kappa shape index (κ1) is 23.3. The van der Waals surface area contributed by atoms with Gasteiger partial charge < -0.3 is 15.4 Å². The first-order valence-electron chi connectivity index (χ1n) is 8.79. The molecular formula is C17H36IN3OS. The van der Waals surface area contributed by atoms with Crippen molar-refractivity contribution in [3.63, 3.8) is 0 Å². The summed E-state index contributed by atoms with van der Waals surface area (Å²) >= 11 is 1.99. The first-order chi connectivity index (χ1) is 10.6. The summed E-state index contributed by atoms with van der Waals surface area (Å²) in [5.41, 5.74) is 0. The van der Waals surface area contributed by atoms with Gasteiger partial charge in [-0.25, -0.2) is 0 Å². The fourth-order valence-corrected chi connectivity index (χ4v) is 3.72. The molecule has 0 amide bonds. The predicted molar refractivity (Wildman–Crippen MR) is 114 cm³/mol. The van der Waals surface area contributed by atoms with Crippen molar-refractivity contribution < 1.29 is 4.74 Å². The quantitative estimate of drug-likeness (QED) is 0.313. The van der Waals surface area contributed by atoms with Crippen LogP contribution in [0, 0.1) is 5.92 Å². The SMILES string of the molecule is CCNC(=NCCC(OCC)C(C)C)NC1CCC(SC)C1.I. The third-order valence-electron chi connectivity index (χ3n) is 4.21. The summed E-state index contributed by atoms with van der Waals surface area (Å²) in [4.78, 5) is 4.74. The zero-order valence-electron chi connectivity index (χ0n) is 15.4. The Labute approximate surface area is 164 Å². The normalized spacial score (nSPS) is 22.8. The Morgan fingerprint density at radius 2 is 2.04 bits per heavy atom. The molecule has 6 heteroatoms. The molecule has 1 aliphatic carbocycles. The lowest BCUT2D eigenvalue weighted by Crippen LogP contribution is -2.42. The molecule has 0 aromatic heterocycles. The Morgan fingerprint density at radius 3 is 2.57 bits per heavy atom. The first-order valence-corrected chi connectivity index (χ1v) is 10.1. The Balaban J connectivity index is 0.00000484. The summed E-state index contributed by atoms with van der Waals surface area (Å²) < 4.78 is 5.79. The van der Waals surface area contributed by atoms with Crippen molar-refractivity contribution >= 4 is 41.7 Å². The van der Waals surface area contributed by atoms with Gasteiger partial charge in [-0.2, -0.15) is 11.8 Å². The van der Waals surface area contributed by atoms with E-state index in [1.807, 2.05) is 11.8 Å². The smallest absolute Gasteiger partial charge is 0.191 e. The van der Waals surface area contributed by atoms with Crippen molar-refractivity contribution in [3.05, 3.63) is 0 Å². The molecule has 138 valence electrons. The molecule has 0 aliphatic heterocycles. The number of halogens is 1. The molecule has 1 aliphatic rings. The summed E-state index contributed by atoms with van der Waals surface area (Å²) in [5, 5.41) is 7.78. The molecule has 0 spiro atoms. The molecule has 23 heavy (non-hydrogen) atoms. The third kappa shape index (κ3) is 9.39. The second kappa shape index (κ2) is 13.6. The van der Waals surface area contributed by atoms with Crippen LogP contribution >= 0.6 is 35.7 Å². The van der Waals surface area contributed by atoms with Gasteiger partial charge in [-0.15, -0.1) is 24.0 Å². The summed E-state index contributed by atoms with van der Waals surface area (Å²) in [6, 6.07) is 0.572. The fraction of sp³-hybridized carbons (Fsp3) is 0.941. The van der Waals surface area contributed by atoms with Gasteiger partial charge >= 0.3 is 0 Å². The molecule has 0 aromatic carbocycles. The highest BCUT2D eigenvalue weighted by Gasteiger charge is 2.24. The molecule has 0 bridgehead atoms. The lowest BCUT2D eigenvalue weighted by atomic mass is 10.0. The Morgan fingerprint density at radius 1 is 1.30 bits per heavy atom. The highest BCUT2D eigenvalue weighted by molar-refractivity contribution is 14.0. The molecule has 1 fully saturated rings. The van der Waals surface area contributed by atoms with E-state index in [1.54, 1.807) is 0 Å². The number of nitrogens with one attached hydrogen (secondary N) is 2. The molecule has 1 rings (SSSR count). The van der Waals surface area contributed by atoms with Crippen LogP contribution in [0.2, 0.25) is 0 Å². The highest BCUT2D eigenvalue weighted by Crippen LogP contribution is 2.28. The second-order valence-electron chi connectivity index (χ2n) is 6.30. The number of guanidine groups is 1. The molecule has 2 N–H and O–H groups in total. The molecule has 3 unspecified atom stereocenters. The van der Waals surface area contributed by atoms with E-state index >= 15 is 0 Å². The van der Waals surface area contributed by atoms with Crippen LogP contribution in [0.3, 0.4) is 0 Å². The van der Waals surface area contributed by atoms with Crippen LogP contribution in [-0.2, 0) is 4.74 Å². The number of rotatable bonds is 9. The van der Waals surface area contributed by atoms with Crippen molar-refractivity contribution in [1.82, 2.24) is 10.6 Å². The monoisotopic (exact) mass is 457 g/mol. The van der Waals surface area contributed by atoms with E-state index in [4.69, 9.17) is 9.73 Å². The minimum atomic E-state index is 0. The molecule has 0 radical (unpaired) electrons. The standard InChI is InChI=1S/C17H35N3OS.HI/c1-6-18-17(20-14-8-9-15(12-14)22-5)19-11-10-16(13(3)4)21-7-2;/h13-16H,6-12H2,1-5H3,(H2,18,19,20);1H. The van der Waals surface area contributed by atoms with E-state index in [-0.39, 0.29) is 24.0 Å². The third-order valence-corrected chi connectivity index (χ3v) is 5.31. The van der Waals surface area contributed by atoms with Crippen molar-refractivity contribution in [2.24, 2.45) is 10.9 Å². The largest absolute Gasteiger partial charge is 0.378 e. The van der Waals surface area contributed by atoms with Crippen LogP contribution in [-0.4, -0.2) is 49.3 Å². The Kier molecular flexibility index (Phi) is 13.8. The van der Waals surface area contributed by atoms with Gasteiger partial charge in [0.15, 0.2) is 5.96 Å². The minimum absolute atomic E-state index is 0. The van der Waals surface area contributed by atoms with Gasteiger partial charge in [0.25, 0.3) is 0 Å².